The number of anilines is 1. The van der Waals surface area contributed by atoms with Crippen LogP contribution >= 0.6 is 0 Å². The van der Waals surface area contributed by atoms with E-state index < -0.39 is 6.04 Å². The average Bonchev–Trinajstić information content (AvgIpc) is 2.90. The summed E-state index contributed by atoms with van der Waals surface area (Å²) < 4.78 is 0. The van der Waals surface area contributed by atoms with E-state index in [2.05, 4.69) is 5.32 Å². The third-order valence-electron chi connectivity index (χ3n) is 4.62. The minimum Gasteiger partial charge on any atom is -0.325 e. The number of nitrogens with zero attached hydrogens (tertiary/aromatic N) is 1. The number of carbonyl (C=O) groups excluding carboxylic acids is 2. The first kappa shape index (κ1) is 15.4. The normalized spacial score (nSPS) is 17.2. The van der Waals surface area contributed by atoms with Crippen LogP contribution in [0, 0.1) is 6.92 Å². The molecule has 3 amide bonds. The molecular formula is C21H18N2O2. The number of rotatable bonds is 3. The predicted molar refractivity (Wildman–Crippen MR) is 98.6 cm³/mol. The van der Waals surface area contributed by atoms with Crippen molar-refractivity contribution >= 4 is 28.4 Å². The molecule has 1 aliphatic rings. The molecule has 0 spiro atoms. The third kappa shape index (κ3) is 2.76. The molecule has 1 saturated heterocycles. The van der Waals surface area contributed by atoms with Crippen molar-refractivity contribution in [2.45, 2.75) is 19.4 Å². The highest BCUT2D eigenvalue weighted by Crippen LogP contribution is 2.24. The van der Waals surface area contributed by atoms with E-state index in [4.69, 9.17) is 0 Å². The fraction of sp³-hybridized carbons (Fsp3) is 0.143. The molecule has 1 heterocycles. The van der Waals surface area contributed by atoms with Gasteiger partial charge in [0.2, 0.25) is 0 Å². The first-order chi connectivity index (χ1) is 12.1. The van der Waals surface area contributed by atoms with Crippen molar-refractivity contribution in [1.82, 2.24) is 5.32 Å². The number of nitrogens with one attached hydrogen (secondary N) is 1. The molecular weight excluding hydrogens is 312 g/mol. The molecule has 124 valence electrons. The van der Waals surface area contributed by atoms with Crippen LogP contribution in [0.2, 0.25) is 0 Å². The highest BCUT2D eigenvalue weighted by Gasteiger charge is 2.39. The lowest BCUT2D eigenvalue weighted by atomic mass is 9.99. The van der Waals surface area contributed by atoms with E-state index in [9.17, 15) is 9.59 Å². The van der Waals surface area contributed by atoms with Gasteiger partial charge in [-0.1, -0.05) is 60.2 Å². The highest BCUT2D eigenvalue weighted by molar-refractivity contribution is 6.21. The van der Waals surface area contributed by atoms with Gasteiger partial charge in [0.25, 0.3) is 5.91 Å². The summed E-state index contributed by atoms with van der Waals surface area (Å²) in [6, 6.07) is 20.6. The van der Waals surface area contributed by atoms with Crippen molar-refractivity contribution in [2.24, 2.45) is 0 Å². The lowest BCUT2D eigenvalue weighted by Gasteiger charge is -2.14. The number of carbonyl (C=O) groups is 2. The maximum Gasteiger partial charge on any atom is 0.329 e. The van der Waals surface area contributed by atoms with Gasteiger partial charge in [-0.3, -0.25) is 4.79 Å². The van der Waals surface area contributed by atoms with Crippen molar-refractivity contribution < 1.29 is 9.59 Å². The average molecular weight is 330 g/mol. The molecule has 0 aliphatic carbocycles. The molecule has 1 unspecified atom stereocenters. The number of fused-ring (bicyclic) bond motifs is 1. The topological polar surface area (TPSA) is 49.4 Å². The summed E-state index contributed by atoms with van der Waals surface area (Å²) in [7, 11) is 0. The minimum atomic E-state index is -0.542. The number of aryl methyl sites for hydroxylation is 1. The highest BCUT2D eigenvalue weighted by atomic mass is 16.2. The van der Waals surface area contributed by atoms with Gasteiger partial charge in [-0.2, -0.15) is 0 Å². The molecule has 25 heavy (non-hydrogen) atoms. The first-order valence-corrected chi connectivity index (χ1v) is 8.31. The Morgan fingerprint density at radius 1 is 0.920 bits per heavy atom. The van der Waals surface area contributed by atoms with E-state index in [0.717, 1.165) is 21.9 Å². The van der Waals surface area contributed by atoms with Crippen LogP contribution in [0.25, 0.3) is 10.8 Å². The van der Waals surface area contributed by atoms with Gasteiger partial charge in [-0.15, -0.1) is 0 Å². The Morgan fingerprint density at radius 2 is 1.64 bits per heavy atom. The Bertz CT molecular complexity index is 958. The number of imide groups is 1. The molecule has 3 aromatic carbocycles. The maximum absolute atomic E-state index is 12.8. The van der Waals surface area contributed by atoms with Gasteiger partial charge in [0.15, 0.2) is 0 Å². The van der Waals surface area contributed by atoms with Crippen molar-refractivity contribution in [3.05, 3.63) is 77.9 Å². The zero-order chi connectivity index (χ0) is 17.4. The largest absolute Gasteiger partial charge is 0.329 e. The van der Waals surface area contributed by atoms with Crippen molar-refractivity contribution in [3.8, 4) is 0 Å². The fourth-order valence-corrected chi connectivity index (χ4v) is 3.30. The fourth-order valence-electron chi connectivity index (χ4n) is 3.30. The lowest BCUT2D eigenvalue weighted by molar-refractivity contribution is -0.118. The van der Waals surface area contributed by atoms with Crippen LogP contribution in [0.1, 0.15) is 11.1 Å². The monoisotopic (exact) mass is 330 g/mol. The zero-order valence-corrected chi connectivity index (χ0v) is 13.9. The van der Waals surface area contributed by atoms with Gasteiger partial charge in [0.1, 0.15) is 6.04 Å². The van der Waals surface area contributed by atoms with Crippen LogP contribution in [0.15, 0.2) is 66.7 Å². The summed E-state index contributed by atoms with van der Waals surface area (Å²) in [5.74, 6) is -0.207. The van der Waals surface area contributed by atoms with Crippen LogP contribution in [-0.2, 0) is 11.2 Å². The Morgan fingerprint density at radius 3 is 2.44 bits per heavy atom. The van der Waals surface area contributed by atoms with Gasteiger partial charge >= 0.3 is 6.03 Å². The molecule has 4 nitrogen and oxygen atoms in total. The quantitative estimate of drug-likeness (QED) is 0.742. The van der Waals surface area contributed by atoms with Gasteiger partial charge < -0.3 is 5.32 Å². The molecule has 3 aromatic rings. The maximum atomic E-state index is 12.8. The second-order valence-electron chi connectivity index (χ2n) is 6.35. The number of amides is 3. The van der Waals surface area contributed by atoms with E-state index in [0.29, 0.717) is 12.1 Å². The van der Waals surface area contributed by atoms with Crippen LogP contribution in [0.4, 0.5) is 10.5 Å². The number of urea groups is 1. The SMILES string of the molecule is Cc1ccc(N2C(=O)NC(Cc3cccc4ccccc34)C2=O)cc1. The second-order valence-corrected chi connectivity index (χ2v) is 6.35. The van der Waals surface area contributed by atoms with Crippen LogP contribution in [-0.4, -0.2) is 18.0 Å². The lowest BCUT2D eigenvalue weighted by Crippen LogP contribution is -2.32. The molecule has 1 fully saturated rings. The summed E-state index contributed by atoms with van der Waals surface area (Å²) in [6.45, 7) is 1.97. The molecule has 4 rings (SSSR count). The summed E-state index contributed by atoms with van der Waals surface area (Å²) >= 11 is 0. The smallest absolute Gasteiger partial charge is 0.325 e. The van der Waals surface area contributed by atoms with E-state index >= 15 is 0 Å². The zero-order valence-electron chi connectivity index (χ0n) is 13.9. The van der Waals surface area contributed by atoms with Gasteiger partial charge in [0, 0.05) is 6.42 Å². The number of hydrogen-bond donors (Lipinski definition) is 1. The predicted octanol–water partition coefficient (Wildman–Crippen LogP) is 3.82. The Kier molecular flexibility index (Phi) is 3.73. The molecule has 0 radical (unpaired) electrons. The molecule has 1 atom stereocenters. The molecule has 0 saturated carbocycles. The van der Waals surface area contributed by atoms with Gasteiger partial charge in [0.05, 0.1) is 5.69 Å². The van der Waals surface area contributed by atoms with Gasteiger partial charge in [-0.25, -0.2) is 9.69 Å². The summed E-state index contributed by atoms with van der Waals surface area (Å²) in [5.41, 5.74) is 2.75. The van der Waals surface area contributed by atoms with E-state index in [1.807, 2.05) is 61.5 Å². The van der Waals surface area contributed by atoms with Gasteiger partial charge in [-0.05, 0) is 35.4 Å². The Hall–Kier alpha value is -3.14. The van der Waals surface area contributed by atoms with Crippen LogP contribution in [0.5, 0.6) is 0 Å². The van der Waals surface area contributed by atoms with Crippen LogP contribution < -0.4 is 10.2 Å². The van der Waals surface area contributed by atoms with Crippen molar-refractivity contribution in [3.63, 3.8) is 0 Å². The van der Waals surface area contributed by atoms with Crippen molar-refractivity contribution in [2.75, 3.05) is 4.90 Å². The first-order valence-electron chi connectivity index (χ1n) is 8.31. The Balaban J connectivity index is 1.63. The molecule has 4 heteroatoms. The third-order valence-corrected chi connectivity index (χ3v) is 4.62. The number of benzene rings is 3. The molecule has 0 aromatic heterocycles. The van der Waals surface area contributed by atoms with E-state index in [-0.39, 0.29) is 11.9 Å². The summed E-state index contributed by atoms with van der Waals surface area (Å²) in [5, 5.41) is 5.06. The van der Waals surface area contributed by atoms with E-state index in [1.165, 1.54) is 4.90 Å². The number of hydrogen-bond acceptors (Lipinski definition) is 2. The minimum absolute atomic E-state index is 0.207. The summed E-state index contributed by atoms with van der Waals surface area (Å²) in [4.78, 5) is 26.3. The summed E-state index contributed by atoms with van der Waals surface area (Å²) in [6.07, 6.45) is 0.480. The van der Waals surface area contributed by atoms with Crippen molar-refractivity contribution in [1.29, 1.82) is 0 Å². The standard InChI is InChI=1S/C21H18N2O2/c1-14-9-11-17(12-10-14)23-20(24)19(22-21(23)25)13-16-7-4-6-15-5-2-3-8-18(15)16/h2-12,19H,13H2,1H3,(H,22,25). The Labute approximate surface area is 146 Å². The second kappa shape index (κ2) is 6.06. The molecule has 0 bridgehead atoms. The van der Waals surface area contributed by atoms with E-state index in [1.54, 1.807) is 12.1 Å². The molecule has 1 aliphatic heterocycles. The molecule has 1 N–H and O–H groups in total. The van der Waals surface area contributed by atoms with Crippen LogP contribution in [0.3, 0.4) is 0 Å².